The first-order valence-corrected chi connectivity index (χ1v) is 9.44. The fourth-order valence-corrected chi connectivity index (χ4v) is 4.56. The summed E-state index contributed by atoms with van der Waals surface area (Å²) < 4.78 is 47.4. The van der Waals surface area contributed by atoms with Crippen molar-refractivity contribution in [3.8, 4) is 5.75 Å². The summed E-state index contributed by atoms with van der Waals surface area (Å²) in [6.45, 7) is 0. The first kappa shape index (κ1) is 19.3. The molecule has 0 bridgehead atoms. The van der Waals surface area contributed by atoms with Crippen LogP contribution < -0.4 is 14.5 Å². The average Bonchev–Trinajstić information content (AvgIpc) is 3.00. The van der Waals surface area contributed by atoms with Gasteiger partial charge in [0.15, 0.2) is 17.5 Å². The topological polar surface area (TPSA) is 51.5 Å². The lowest BCUT2D eigenvalue weighted by Gasteiger charge is -2.32. The van der Waals surface area contributed by atoms with Crippen molar-refractivity contribution in [2.75, 3.05) is 12.0 Å². The highest BCUT2D eigenvalue weighted by Gasteiger charge is 2.38. The number of nitrogens with zero attached hydrogens (tertiary/aromatic N) is 2. The number of fused-ring (bicyclic) bond motifs is 1. The molecule has 0 fully saturated rings. The molecule has 2 heterocycles. The normalized spacial score (nSPS) is 16.1. The van der Waals surface area contributed by atoms with Crippen LogP contribution in [0.4, 0.5) is 24.7 Å². The largest absolute Gasteiger partial charge is 0.497 e. The molecule has 5 nitrogen and oxygen atoms in total. The second-order valence-corrected chi connectivity index (χ2v) is 7.59. The van der Waals surface area contributed by atoms with Crippen LogP contribution in [0.3, 0.4) is 0 Å². The van der Waals surface area contributed by atoms with Gasteiger partial charge < -0.3 is 4.74 Å². The molecule has 1 atom stereocenters. The van der Waals surface area contributed by atoms with E-state index in [4.69, 9.17) is 4.74 Å². The third kappa shape index (κ3) is 3.11. The van der Waals surface area contributed by atoms with E-state index in [1.165, 1.54) is 11.6 Å². The molecule has 0 N–H and O–H groups in total. The van der Waals surface area contributed by atoms with Gasteiger partial charge in [-0.3, -0.25) is 19.1 Å². The zero-order chi connectivity index (χ0) is 20.9. The monoisotopic (exact) mass is 420 g/mol. The molecule has 1 aliphatic rings. The fourth-order valence-electron chi connectivity index (χ4n) is 3.47. The number of hydrogen-bond donors (Lipinski definition) is 0. The van der Waals surface area contributed by atoms with Gasteiger partial charge in [0.2, 0.25) is 5.91 Å². The van der Waals surface area contributed by atoms with Crippen LogP contribution in [0.15, 0.2) is 41.2 Å². The van der Waals surface area contributed by atoms with E-state index >= 15 is 0 Å². The highest BCUT2D eigenvalue weighted by Crippen LogP contribution is 2.45. The number of halogens is 3. The highest BCUT2D eigenvalue weighted by atomic mass is 32.1. The van der Waals surface area contributed by atoms with Gasteiger partial charge in [-0.1, -0.05) is 23.5 Å². The molecular formula is C20H15F3N2O3S. The van der Waals surface area contributed by atoms with E-state index in [1.54, 1.807) is 31.4 Å². The van der Waals surface area contributed by atoms with Gasteiger partial charge in [-0.25, -0.2) is 13.2 Å². The van der Waals surface area contributed by atoms with E-state index in [0.717, 1.165) is 33.9 Å². The van der Waals surface area contributed by atoms with Crippen LogP contribution in [0, 0.1) is 17.5 Å². The van der Waals surface area contributed by atoms with E-state index in [1.807, 2.05) is 0 Å². The molecule has 3 aromatic rings. The van der Waals surface area contributed by atoms with Crippen molar-refractivity contribution in [3.05, 3.63) is 74.0 Å². The summed E-state index contributed by atoms with van der Waals surface area (Å²) >= 11 is 0.962. The Morgan fingerprint density at radius 1 is 1.07 bits per heavy atom. The number of ether oxygens (including phenoxy) is 1. The predicted octanol–water partition coefficient (Wildman–Crippen LogP) is 4.07. The van der Waals surface area contributed by atoms with Crippen LogP contribution in [0.1, 0.15) is 22.8 Å². The number of carbonyl (C=O) groups excluding carboxylic acids is 1. The standard InChI is InChI=1S/C20H15F3N2O3S/c1-24-19-18(29-20(24)27)13(10-3-5-12(28-2)6-4-10)9-16(26)25(19)11-7-14(21)17(23)15(22)8-11/h3-8,13H,9H2,1-2H3. The number of methoxy groups -OCH3 is 1. The summed E-state index contributed by atoms with van der Waals surface area (Å²) in [5.41, 5.74) is 0.632. The van der Waals surface area contributed by atoms with Crippen molar-refractivity contribution in [1.29, 1.82) is 0 Å². The Morgan fingerprint density at radius 3 is 2.28 bits per heavy atom. The van der Waals surface area contributed by atoms with Gasteiger partial charge in [0.1, 0.15) is 11.6 Å². The lowest BCUT2D eigenvalue weighted by atomic mass is 9.90. The van der Waals surface area contributed by atoms with E-state index in [9.17, 15) is 22.8 Å². The molecule has 29 heavy (non-hydrogen) atoms. The molecule has 150 valence electrons. The molecular weight excluding hydrogens is 405 g/mol. The number of amides is 1. The number of anilines is 2. The van der Waals surface area contributed by atoms with E-state index in [0.29, 0.717) is 10.6 Å². The third-order valence-corrected chi connectivity index (χ3v) is 6.05. The van der Waals surface area contributed by atoms with E-state index < -0.39 is 29.3 Å². The Hall–Kier alpha value is -3.07. The number of carbonyl (C=O) groups is 1. The molecule has 1 aliphatic heterocycles. The maximum absolute atomic E-state index is 13.8. The quantitative estimate of drug-likeness (QED) is 0.601. The Balaban J connectivity index is 1.88. The SMILES string of the molecule is COc1ccc(C2CC(=O)N(c3cc(F)c(F)c(F)c3)c3c2sc(=O)n3C)cc1. The first-order valence-electron chi connectivity index (χ1n) is 8.63. The number of hydrogen-bond acceptors (Lipinski definition) is 4. The zero-order valence-electron chi connectivity index (χ0n) is 15.4. The molecule has 2 aromatic carbocycles. The molecule has 1 unspecified atom stereocenters. The second-order valence-electron chi connectivity index (χ2n) is 6.60. The molecule has 0 saturated carbocycles. The molecule has 0 saturated heterocycles. The smallest absolute Gasteiger partial charge is 0.308 e. The Kier molecular flexibility index (Phi) is 4.70. The number of thiazole rings is 1. The first-order chi connectivity index (χ1) is 13.8. The number of aromatic nitrogens is 1. The predicted molar refractivity (Wildman–Crippen MR) is 102 cm³/mol. The summed E-state index contributed by atoms with van der Waals surface area (Å²) in [5.74, 6) is -4.42. The van der Waals surface area contributed by atoms with Gasteiger partial charge in [0.25, 0.3) is 0 Å². The minimum absolute atomic E-state index is 0.0140. The maximum Gasteiger partial charge on any atom is 0.308 e. The number of benzene rings is 2. The van der Waals surface area contributed by atoms with Gasteiger partial charge in [0, 0.05) is 31.5 Å². The summed E-state index contributed by atoms with van der Waals surface area (Å²) in [6, 6.07) is 8.60. The Bertz CT molecular complexity index is 1150. The second kappa shape index (κ2) is 7.07. The molecule has 1 aromatic heterocycles. The van der Waals surface area contributed by atoms with E-state index in [-0.39, 0.29) is 22.8 Å². The summed E-state index contributed by atoms with van der Waals surface area (Å²) in [4.78, 5) is 26.7. The molecule has 9 heteroatoms. The number of rotatable bonds is 3. The van der Waals surface area contributed by atoms with Gasteiger partial charge in [-0.05, 0) is 17.7 Å². The van der Waals surface area contributed by atoms with Gasteiger partial charge >= 0.3 is 4.87 Å². The van der Waals surface area contributed by atoms with Crippen LogP contribution in [0.2, 0.25) is 0 Å². The van der Waals surface area contributed by atoms with Crippen molar-refractivity contribution < 1.29 is 22.7 Å². The minimum Gasteiger partial charge on any atom is -0.497 e. The van der Waals surface area contributed by atoms with E-state index in [2.05, 4.69) is 0 Å². The molecule has 4 rings (SSSR count). The van der Waals surface area contributed by atoms with Crippen molar-refractivity contribution in [1.82, 2.24) is 4.57 Å². The highest BCUT2D eigenvalue weighted by molar-refractivity contribution is 7.10. The van der Waals surface area contributed by atoms with Crippen molar-refractivity contribution in [2.45, 2.75) is 12.3 Å². The van der Waals surface area contributed by atoms with Crippen LogP contribution in [-0.4, -0.2) is 17.6 Å². The lowest BCUT2D eigenvalue weighted by Crippen LogP contribution is -2.35. The summed E-state index contributed by atoms with van der Waals surface area (Å²) in [6.07, 6.45) is -0.0140. The van der Waals surface area contributed by atoms with Gasteiger partial charge in [-0.15, -0.1) is 0 Å². The molecule has 1 amide bonds. The zero-order valence-corrected chi connectivity index (χ0v) is 16.2. The summed E-state index contributed by atoms with van der Waals surface area (Å²) in [7, 11) is 3.02. The maximum atomic E-state index is 13.8. The Labute approximate surface area is 167 Å². The molecule has 0 aliphatic carbocycles. The van der Waals surface area contributed by atoms with Gasteiger partial charge in [-0.2, -0.15) is 0 Å². The van der Waals surface area contributed by atoms with Crippen LogP contribution >= 0.6 is 11.3 Å². The minimum atomic E-state index is -1.62. The van der Waals surface area contributed by atoms with Crippen molar-refractivity contribution >= 4 is 28.7 Å². The fraction of sp³-hybridized carbons (Fsp3) is 0.200. The van der Waals surface area contributed by atoms with Crippen LogP contribution in [-0.2, 0) is 11.8 Å². The van der Waals surface area contributed by atoms with Crippen molar-refractivity contribution in [3.63, 3.8) is 0 Å². The van der Waals surface area contributed by atoms with Crippen molar-refractivity contribution in [2.24, 2.45) is 7.05 Å². The third-order valence-electron chi connectivity index (χ3n) is 4.91. The van der Waals surface area contributed by atoms with Crippen LogP contribution in [0.5, 0.6) is 5.75 Å². The Morgan fingerprint density at radius 2 is 1.69 bits per heavy atom. The van der Waals surface area contributed by atoms with Crippen LogP contribution in [0.25, 0.3) is 0 Å². The average molecular weight is 420 g/mol. The summed E-state index contributed by atoms with van der Waals surface area (Å²) in [5, 5.41) is 0. The lowest BCUT2D eigenvalue weighted by molar-refractivity contribution is -0.118. The molecule has 0 radical (unpaired) electrons. The van der Waals surface area contributed by atoms with Gasteiger partial charge in [0.05, 0.1) is 17.7 Å². The molecule has 0 spiro atoms.